The summed E-state index contributed by atoms with van der Waals surface area (Å²) in [6.45, 7) is 4.15. The van der Waals surface area contributed by atoms with E-state index in [1.807, 2.05) is 12.1 Å². The highest BCUT2D eigenvalue weighted by Crippen LogP contribution is 2.23. The monoisotopic (exact) mass is 217 g/mol. The molecule has 0 bridgehead atoms. The molecule has 0 unspecified atom stereocenters. The number of rotatable bonds is 2. The molecule has 1 aromatic carbocycles. The van der Waals surface area contributed by atoms with Crippen molar-refractivity contribution in [3.63, 3.8) is 0 Å². The van der Waals surface area contributed by atoms with E-state index in [0.29, 0.717) is 11.6 Å². The molecule has 0 fully saturated rings. The average molecular weight is 217 g/mol. The van der Waals surface area contributed by atoms with Crippen LogP contribution in [0.4, 0.5) is 15.3 Å². The van der Waals surface area contributed by atoms with Gasteiger partial charge in [0.05, 0.1) is 5.69 Å². The van der Waals surface area contributed by atoms with E-state index >= 15 is 0 Å². The fraction of sp³-hybridized carbons (Fsp3) is 0.273. The number of amides is 4. The molecule has 82 valence electrons. The number of nitrogens with zero attached hydrogens (tertiary/aromatic N) is 3. The van der Waals surface area contributed by atoms with E-state index in [4.69, 9.17) is 0 Å². The molecule has 0 spiro atoms. The second-order valence-electron chi connectivity index (χ2n) is 3.85. The average Bonchev–Trinajstić information content (AvgIpc) is 2.59. The van der Waals surface area contributed by atoms with Crippen molar-refractivity contribution < 1.29 is 9.59 Å². The molecule has 16 heavy (non-hydrogen) atoms. The first-order chi connectivity index (χ1) is 7.59. The lowest BCUT2D eigenvalue weighted by Crippen LogP contribution is -2.27. The Bertz CT molecular complexity index is 445. The number of carbonyl (C=O) groups excluding carboxylic acids is 2. The van der Waals surface area contributed by atoms with Gasteiger partial charge < -0.3 is 0 Å². The van der Waals surface area contributed by atoms with Gasteiger partial charge in [0.2, 0.25) is 0 Å². The number of hydrogen-bond acceptors (Lipinski definition) is 2. The molecular formula is C11H11N3O2. The molecule has 0 atom stereocenters. The van der Waals surface area contributed by atoms with E-state index in [9.17, 15) is 9.59 Å². The van der Waals surface area contributed by atoms with Crippen LogP contribution in [0, 0.1) is 0 Å². The molecule has 0 aliphatic carbocycles. The Morgan fingerprint density at radius 3 is 1.94 bits per heavy atom. The van der Waals surface area contributed by atoms with E-state index in [1.54, 1.807) is 12.1 Å². The van der Waals surface area contributed by atoms with Crippen molar-refractivity contribution >= 4 is 17.7 Å². The number of imide groups is 1. The Kier molecular flexibility index (Phi) is 2.52. The van der Waals surface area contributed by atoms with E-state index in [1.165, 1.54) is 0 Å². The van der Waals surface area contributed by atoms with Gasteiger partial charge in [-0.2, -0.15) is 0 Å². The quantitative estimate of drug-likeness (QED) is 0.762. The van der Waals surface area contributed by atoms with Crippen LogP contribution in [-0.2, 0) is 0 Å². The summed E-state index contributed by atoms with van der Waals surface area (Å²) in [6, 6.07) is 5.95. The molecule has 1 aliphatic heterocycles. The summed E-state index contributed by atoms with van der Waals surface area (Å²) in [5.41, 5.74) is 1.65. The fourth-order valence-electron chi connectivity index (χ4n) is 1.49. The van der Waals surface area contributed by atoms with Crippen LogP contribution in [0.1, 0.15) is 25.3 Å². The summed E-state index contributed by atoms with van der Waals surface area (Å²) in [5.74, 6) is 0.411. The van der Waals surface area contributed by atoms with Crippen molar-refractivity contribution in [2.24, 2.45) is 10.2 Å². The summed E-state index contributed by atoms with van der Waals surface area (Å²) >= 11 is 0. The summed E-state index contributed by atoms with van der Waals surface area (Å²) < 4.78 is 0. The first-order valence-electron chi connectivity index (χ1n) is 4.99. The largest absolute Gasteiger partial charge is 0.375 e. The molecule has 2 rings (SSSR count). The molecular weight excluding hydrogens is 206 g/mol. The third-order valence-corrected chi connectivity index (χ3v) is 2.42. The van der Waals surface area contributed by atoms with Crippen molar-refractivity contribution in [2.45, 2.75) is 19.8 Å². The minimum absolute atomic E-state index is 0.411. The predicted molar refractivity (Wildman–Crippen MR) is 58.7 cm³/mol. The highest BCUT2D eigenvalue weighted by Gasteiger charge is 2.28. The van der Waals surface area contributed by atoms with Crippen molar-refractivity contribution in [1.82, 2.24) is 0 Å². The second kappa shape index (κ2) is 3.84. The molecule has 0 aromatic heterocycles. The minimum atomic E-state index is -0.637. The van der Waals surface area contributed by atoms with Crippen molar-refractivity contribution in [2.75, 3.05) is 4.90 Å². The van der Waals surface area contributed by atoms with Crippen LogP contribution in [0.3, 0.4) is 0 Å². The Labute approximate surface area is 92.8 Å². The van der Waals surface area contributed by atoms with Crippen LogP contribution in [0.15, 0.2) is 34.5 Å². The second-order valence-corrected chi connectivity index (χ2v) is 3.85. The number of azo groups is 1. The number of benzene rings is 1. The Morgan fingerprint density at radius 2 is 1.50 bits per heavy atom. The Morgan fingerprint density at radius 1 is 1.00 bits per heavy atom. The van der Waals surface area contributed by atoms with E-state index < -0.39 is 12.1 Å². The number of anilines is 1. The zero-order valence-corrected chi connectivity index (χ0v) is 9.04. The van der Waals surface area contributed by atoms with Gasteiger partial charge in [0.15, 0.2) is 0 Å². The summed E-state index contributed by atoms with van der Waals surface area (Å²) in [5, 5.41) is 6.39. The van der Waals surface area contributed by atoms with Gasteiger partial charge in [-0.15, -0.1) is 0 Å². The smallest absolute Gasteiger partial charge is 0.243 e. The first kappa shape index (κ1) is 10.5. The normalized spacial score (nSPS) is 15.3. The lowest BCUT2D eigenvalue weighted by molar-refractivity contribution is 0.249. The standard InChI is InChI=1S/C11H11N3O2/c1-7(2)8-3-5-9(6-4-8)14-10(15)12-13-11(14)16/h3-7H,1-2H3. The highest BCUT2D eigenvalue weighted by atomic mass is 16.2. The van der Waals surface area contributed by atoms with Crippen LogP contribution in [0.25, 0.3) is 0 Å². The Balaban J connectivity index is 2.29. The first-order valence-corrected chi connectivity index (χ1v) is 4.99. The van der Waals surface area contributed by atoms with Crippen molar-refractivity contribution in [3.05, 3.63) is 29.8 Å². The maximum atomic E-state index is 11.2. The van der Waals surface area contributed by atoms with Crippen LogP contribution in [-0.4, -0.2) is 12.1 Å². The molecule has 5 heteroatoms. The predicted octanol–water partition coefficient (Wildman–Crippen LogP) is 3.32. The maximum Gasteiger partial charge on any atom is 0.375 e. The van der Waals surface area contributed by atoms with Gasteiger partial charge >= 0.3 is 12.1 Å². The summed E-state index contributed by atoms with van der Waals surface area (Å²) in [4.78, 5) is 23.4. The van der Waals surface area contributed by atoms with E-state index in [2.05, 4.69) is 24.1 Å². The molecule has 1 heterocycles. The molecule has 5 nitrogen and oxygen atoms in total. The zero-order chi connectivity index (χ0) is 11.7. The maximum absolute atomic E-state index is 11.2. The van der Waals surface area contributed by atoms with Gasteiger partial charge in [-0.25, -0.2) is 14.5 Å². The van der Waals surface area contributed by atoms with E-state index in [0.717, 1.165) is 10.5 Å². The molecule has 4 amide bonds. The van der Waals surface area contributed by atoms with Gasteiger partial charge in [-0.05, 0) is 23.6 Å². The number of carbonyl (C=O) groups is 2. The van der Waals surface area contributed by atoms with Crippen LogP contribution >= 0.6 is 0 Å². The lowest BCUT2D eigenvalue weighted by atomic mass is 10.0. The number of hydrogen-bond donors (Lipinski definition) is 0. The van der Waals surface area contributed by atoms with Gasteiger partial charge in [-0.1, -0.05) is 36.2 Å². The van der Waals surface area contributed by atoms with Crippen molar-refractivity contribution in [3.8, 4) is 0 Å². The van der Waals surface area contributed by atoms with E-state index in [-0.39, 0.29) is 0 Å². The molecule has 0 saturated carbocycles. The van der Waals surface area contributed by atoms with Gasteiger partial charge in [0, 0.05) is 0 Å². The molecule has 0 radical (unpaired) electrons. The van der Waals surface area contributed by atoms with Crippen LogP contribution in [0.5, 0.6) is 0 Å². The third-order valence-electron chi connectivity index (χ3n) is 2.42. The summed E-state index contributed by atoms with van der Waals surface area (Å²) in [6.07, 6.45) is 0. The molecule has 0 saturated heterocycles. The van der Waals surface area contributed by atoms with Gasteiger partial charge in [0.25, 0.3) is 0 Å². The zero-order valence-electron chi connectivity index (χ0n) is 9.04. The van der Waals surface area contributed by atoms with Crippen LogP contribution in [0.2, 0.25) is 0 Å². The number of urea groups is 2. The topological polar surface area (TPSA) is 62.1 Å². The van der Waals surface area contributed by atoms with Crippen molar-refractivity contribution in [1.29, 1.82) is 0 Å². The third kappa shape index (κ3) is 1.71. The Hall–Kier alpha value is -2.04. The summed E-state index contributed by atoms with van der Waals surface area (Å²) in [7, 11) is 0. The fourth-order valence-corrected chi connectivity index (χ4v) is 1.49. The SMILES string of the molecule is CC(C)c1ccc(N2C(=O)N=NC2=O)cc1. The van der Waals surface area contributed by atoms with Gasteiger partial charge in [-0.3, -0.25) is 0 Å². The molecule has 0 N–H and O–H groups in total. The highest BCUT2D eigenvalue weighted by molar-refractivity contribution is 6.17. The van der Waals surface area contributed by atoms with Crippen LogP contribution < -0.4 is 4.90 Å². The molecule has 1 aliphatic rings. The minimum Gasteiger partial charge on any atom is -0.243 e. The van der Waals surface area contributed by atoms with Gasteiger partial charge in [0.1, 0.15) is 0 Å². The molecule has 1 aromatic rings. The lowest BCUT2D eigenvalue weighted by Gasteiger charge is -2.12.